The predicted molar refractivity (Wildman–Crippen MR) is 143 cm³/mol. The van der Waals surface area contributed by atoms with Crippen LogP contribution in [0.25, 0.3) is 0 Å². The van der Waals surface area contributed by atoms with Crippen LogP contribution in [0, 0.1) is 0 Å². The number of nitrogens with two attached hydrogens (primary N) is 4. The predicted octanol–water partition coefficient (Wildman–Crippen LogP) is -1.01. The minimum Gasteiger partial charge on any atom is -0.480 e. The zero-order valence-electron chi connectivity index (χ0n) is 21.5. The first-order valence-electron chi connectivity index (χ1n) is 12.7. The number of aliphatic carboxylic acids is 1. The lowest BCUT2D eigenvalue weighted by Gasteiger charge is -2.25. The highest BCUT2D eigenvalue weighted by Crippen LogP contribution is 2.08. The van der Waals surface area contributed by atoms with Gasteiger partial charge in [-0.15, -0.1) is 0 Å². The first-order chi connectivity index (χ1) is 17.2. The van der Waals surface area contributed by atoms with Gasteiger partial charge in [0.05, 0.1) is 6.04 Å². The molecule has 13 heteroatoms. The molecule has 210 valence electrons. The molecule has 0 fully saturated rings. The maximum atomic E-state index is 13.2. The van der Waals surface area contributed by atoms with E-state index < -0.39 is 47.9 Å². The highest BCUT2D eigenvalue weighted by atomic mass is 32.2. The van der Waals surface area contributed by atoms with Crippen LogP contribution in [-0.2, 0) is 19.2 Å². The monoisotopic (exact) mass is 533 g/mol. The Hall–Kier alpha value is -1.93. The van der Waals surface area contributed by atoms with E-state index in [2.05, 4.69) is 16.0 Å². The van der Waals surface area contributed by atoms with E-state index in [1.54, 1.807) is 0 Å². The normalized spacial score (nSPS) is 14.4. The van der Waals surface area contributed by atoms with Gasteiger partial charge in [0.15, 0.2) is 0 Å². The largest absolute Gasteiger partial charge is 0.480 e. The number of carboxylic acids is 1. The Balaban J connectivity index is 5.42. The summed E-state index contributed by atoms with van der Waals surface area (Å²) in [4.78, 5) is 50.3. The third-order valence-electron chi connectivity index (χ3n) is 5.69. The minimum atomic E-state index is -1.14. The Kier molecular flexibility index (Phi) is 20.0. The van der Waals surface area contributed by atoms with Crippen LogP contribution in [0.3, 0.4) is 0 Å². The molecule has 0 aliphatic heterocycles. The van der Waals surface area contributed by atoms with Crippen molar-refractivity contribution in [3.8, 4) is 0 Å². The molecule has 4 unspecified atom stereocenters. The highest BCUT2D eigenvalue weighted by Gasteiger charge is 2.29. The maximum absolute atomic E-state index is 13.2. The van der Waals surface area contributed by atoms with Gasteiger partial charge in [-0.1, -0.05) is 6.42 Å². The average molecular weight is 534 g/mol. The molecule has 0 aromatic carbocycles. The highest BCUT2D eigenvalue weighted by molar-refractivity contribution is 7.98. The zero-order chi connectivity index (χ0) is 27.3. The van der Waals surface area contributed by atoms with E-state index in [-0.39, 0.29) is 12.8 Å². The van der Waals surface area contributed by atoms with E-state index in [1.165, 1.54) is 11.8 Å². The summed E-state index contributed by atoms with van der Waals surface area (Å²) in [6.07, 6.45) is 7.06. The Morgan fingerprint density at radius 3 is 1.50 bits per heavy atom. The van der Waals surface area contributed by atoms with Gasteiger partial charge in [0.2, 0.25) is 17.7 Å². The number of hydrogen-bond donors (Lipinski definition) is 8. The van der Waals surface area contributed by atoms with Crippen molar-refractivity contribution in [2.45, 2.75) is 88.4 Å². The molecule has 0 spiro atoms. The number of unbranched alkanes of at least 4 members (excludes halogenated alkanes) is 3. The van der Waals surface area contributed by atoms with Crippen molar-refractivity contribution < 1.29 is 24.3 Å². The molecule has 0 aliphatic carbocycles. The summed E-state index contributed by atoms with van der Waals surface area (Å²) in [6, 6.07) is -3.71. The van der Waals surface area contributed by atoms with E-state index >= 15 is 0 Å². The molecule has 0 heterocycles. The van der Waals surface area contributed by atoms with E-state index in [4.69, 9.17) is 22.9 Å². The average Bonchev–Trinajstić information content (AvgIpc) is 2.84. The van der Waals surface area contributed by atoms with Crippen LogP contribution in [0.4, 0.5) is 0 Å². The van der Waals surface area contributed by atoms with Gasteiger partial charge in [0.25, 0.3) is 0 Å². The van der Waals surface area contributed by atoms with Crippen molar-refractivity contribution >= 4 is 35.5 Å². The van der Waals surface area contributed by atoms with Crippen LogP contribution in [0.2, 0.25) is 0 Å². The van der Waals surface area contributed by atoms with Crippen LogP contribution in [-0.4, -0.2) is 84.6 Å². The molecule has 0 rings (SSSR count). The van der Waals surface area contributed by atoms with Gasteiger partial charge in [-0.25, -0.2) is 4.79 Å². The van der Waals surface area contributed by atoms with Crippen LogP contribution < -0.4 is 38.9 Å². The first-order valence-corrected chi connectivity index (χ1v) is 14.1. The molecule has 36 heavy (non-hydrogen) atoms. The first kappa shape index (κ1) is 34.1. The van der Waals surface area contributed by atoms with E-state index in [9.17, 15) is 24.3 Å². The van der Waals surface area contributed by atoms with Gasteiger partial charge in [0.1, 0.15) is 18.1 Å². The quantitative estimate of drug-likeness (QED) is 0.0790. The fourth-order valence-electron chi connectivity index (χ4n) is 3.48. The number of nitrogens with one attached hydrogen (secondary N) is 3. The second kappa shape index (κ2) is 21.2. The second-order valence-electron chi connectivity index (χ2n) is 8.76. The lowest BCUT2D eigenvalue weighted by molar-refractivity contribution is -0.142. The van der Waals surface area contributed by atoms with E-state index in [1.807, 2.05) is 6.26 Å². The molecular formula is C23H47N7O5S. The van der Waals surface area contributed by atoms with Crippen LogP contribution in [0.15, 0.2) is 0 Å². The van der Waals surface area contributed by atoms with Gasteiger partial charge in [-0.2, -0.15) is 11.8 Å². The maximum Gasteiger partial charge on any atom is 0.326 e. The van der Waals surface area contributed by atoms with Crippen molar-refractivity contribution in [3.05, 3.63) is 0 Å². The summed E-state index contributed by atoms with van der Waals surface area (Å²) in [5.41, 5.74) is 22.6. The molecule has 0 aliphatic rings. The van der Waals surface area contributed by atoms with Crippen molar-refractivity contribution in [3.63, 3.8) is 0 Å². The lowest BCUT2D eigenvalue weighted by Crippen LogP contribution is -2.57. The molecule has 0 saturated heterocycles. The number of amides is 3. The number of carbonyl (C=O) groups excluding carboxylic acids is 3. The number of carbonyl (C=O) groups is 4. The summed E-state index contributed by atoms with van der Waals surface area (Å²) in [7, 11) is 0. The zero-order valence-corrected chi connectivity index (χ0v) is 22.3. The Bertz CT molecular complexity index is 656. The van der Waals surface area contributed by atoms with Gasteiger partial charge in [0, 0.05) is 0 Å². The molecule has 12 N–H and O–H groups in total. The van der Waals surface area contributed by atoms with Gasteiger partial charge in [-0.3, -0.25) is 14.4 Å². The van der Waals surface area contributed by atoms with Gasteiger partial charge in [-0.05, 0) is 89.4 Å². The van der Waals surface area contributed by atoms with E-state index in [0.29, 0.717) is 70.3 Å². The number of rotatable bonds is 22. The number of carboxylic acid groups (broad SMARTS) is 1. The van der Waals surface area contributed by atoms with Crippen molar-refractivity contribution in [1.82, 2.24) is 16.0 Å². The van der Waals surface area contributed by atoms with Crippen LogP contribution in [0.1, 0.15) is 64.2 Å². The van der Waals surface area contributed by atoms with Crippen LogP contribution in [0.5, 0.6) is 0 Å². The molecule has 0 saturated carbocycles. The SMILES string of the molecule is CSCCC(NC(=O)C(CCCCN)NC(=O)C(CCCCN)NC(=O)C(N)CCCCN)C(=O)O. The molecule has 4 atom stereocenters. The minimum absolute atomic E-state index is 0.255. The summed E-state index contributed by atoms with van der Waals surface area (Å²) in [5.74, 6) is -2.15. The molecule has 12 nitrogen and oxygen atoms in total. The Morgan fingerprint density at radius 1 is 0.667 bits per heavy atom. The summed E-state index contributed by atoms with van der Waals surface area (Å²) < 4.78 is 0. The van der Waals surface area contributed by atoms with Crippen molar-refractivity contribution in [1.29, 1.82) is 0 Å². The number of hydrogen-bond acceptors (Lipinski definition) is 9. The Morgan fingerprint density at radius 2 is 1.08 bits per heavy atom. The smallest absolute Gasteiger partial charge is 0.326 e. The molecular weight excluding hydrogens is 486 g/mol. The van der Waals surface area contributed by atoms with E-state index in [0.717, 1.165) is 6.42 Å². The summed E-state index contributed by atoms with van der Waals surface area (Å²) in [5, 5.41) is 17.4. The second-order valence-corrected chi connectivity index (χ2v) is 9.75. The topological polar surface area (TPSA) is 229 Å². The standard InChI is InChI=1S/C23H47N7O5S/c1-36-15-11-19(23(34)35)30-22(33)18(10-4-7-14-26)29-21(32)17(9-3-6-13-25)28-20(31)16(27)8-2-5-12-24/h16-19H,2-15,24-27H2,1H3,(H,28,31)(H,29,32)(H,30,33)(H,34,35). The molecule has 0 bridgehead atoms. The fourth-order valence-corrected chi connectivity index (χ4v) is 3.95. The fraction of sp³-hybridized carbons (Fsp3) is 0.826. The van der Waals surface area contributed by atoms with Crippen molar-refractivity contribution in [2.24, 2.45) is 22.9 Å². The van der Waals surface area contributed by atoms with Crippen molar-refractivity contribution in [2.75, 3.05) is 31.6 Å². The molecule has 3 amide bonds. The number of thioether (sulfide) groups is 1. The third kappa shape index (κ3) is 15.2. The van der Waals surface area contributed by atoms with Crippen LogP contribution >= 0.6 is 11.8 Å². The third-order valence-corrected chi connectivity index (χ3v) is 6.34. The molecule has 0 aromatic rings. The summed E-state index contributed by atoms with van der Waals surface area (Å²) >= 11 is 1.47. The lowest BCUT2D eigenvalue weighted by atomic mass is 10.0. The Labute approximate surface area is 218 Å². The summed E-state index contributed by atoms with van der Waals surface area (Å²) in [6.45, 7) is 1.37. The van der Waals surface area contributed by atoms with Gasteiger partial charge >= 0.3 is 5.97 Å². The molecule has 0 radical (unpaired) electrons. The molecule has 0 aromatic heterocycles. The van der Waals surface area contributed by atoms with Gasteiger partial charge < -0.3 is 44.0 Å².